The van der Waals surface area contributed by atoms with Crippen molar-refractivity contribution in [2.24, 2.45) is 0 Å². The van der Waals surface area contributed by atoms with Crippen molar-refractivity contribution in [1.82, 2.24) is 4.72 Å². The van der Waals surface area contributed by atoms with Crippen molar-refractivity contribution < 1.29 is 13.2 Å². The number of nitrogen functional groups attached to an aromatic ring is 1. The summed E-state index contributed by atoms with van der Waals surface area (Å²) in [5, 5.41) is 0. The lowest BCUT2D eigenvalue weighted by atomic mass is 9.81. The van der Waals surface area contributed by atoms with Crippen molar-refractivity contribution in [1.29, 1.82) is 0 Å². The van der Waals surface area contributed by atoms with E-state index in [1.165, 1.54) is 41.5 Å². The largest absolute Gasteiger partial charge is 0.399 e. The predicted octanol–water partition coefficient (Wildman–Crippen LogP) is 6.02. The average molecular weight is 509 g/mol. The number of sulfonamides is 1. The zero-order chi connectivity index (χ0) is 26.3. The number of amides is 1. The molecule has 37 heavy (non-hydrogen) atoms. The van der Waals surface area contributed by atoms with Crippen molar-refractivity contribution >= 4 is 33.3 Å². The molecule has 4 aromatic carbocycles. The van der Waals surface area contributed by atoms with Gasteiger partial charge >= 0.3 is 0 Å². The number of hydrogen-bond donors (Lipinski definition) is 2. The number of rotatable bonds is 8. The highest BCUT2D eigenvalue weighted by atomic mass is 32.2. The molecule has 3 N–H and O–H groups in total. The highest BCUT2D eigenvalue weighted by Crippen LogP contribution is 2.37. The fraction of sp³-hybridized carbons (Fsp3) is 0.0645. The highest BCUT2D eigenvalue weighted by Gasteiger charge is 2.20. The van der Waals surface area contributed by atoms with E-state index in [0.29, 0.717) is 5.69 Å². The zero-order valence-electron chi connectivity index (χ0n) is 20.4. The Morgan fingerprint density at radius 2 is 1.35 bits per heavy atom. The van der Waals surface area contributed by atoms with Gasteiger partial charge in [-0.3, -0.25) is 4.79 Å². The van der Waals surface area contributed by atoms with Gasteiger partial charge in [0.15, 0.2) is 0 Å². The van der Waals surface area contributed by atoms with Crippen LogP contribution in [0.25, 0.3) is 11.6 Å². The van der Waals surface area contributed by atoms with E-state index in [2.05, 4.69) is 35.1 Å². The maximum absolute atomic E-state index is 12.4. The van der Waals surface area contributed by atoms with Crippen LogP contribution in [0.15, 0.2) is 126 Å². The Morgan fingerprint density at radius 1 is 0.784 bits per heavy atom. The Kier molecular flexibility index (Phi) is 8.01. The third-order valence-corrected chi connectivity index (χ3v) is 7.35. The Morgan fingerprint density at radius 3 is 1.95 bits per heavy atom. The number of anilines is 1. The molecule has 186 valence electrons. The van der Waals surface area contributed by atoms with Gasteiger partial charge in [0.2, 0.25) is 0 Å². The zero-order valence-corrected chi connectivity index (χ0v) is 21.2. The van der Waals surface area contributed by atoms with Crippen molar-refractivity contribution in [3.05, 3.63) is 144 Å². The minimum absolute atomic E-state index is 0.0278. The summed E-state index contributed by atoms with van der Waals surface area (Å²) in [6, 6.07) is 34.2. The van der Waals surface area contributed by atoms with Gasteiger partial charge in [0.05, 0.1) is 4.90 Å². The molecule has 0 spiro atoms. The standard InChI is InChI=1S/C31H28N2O3S/c1-2-29(24-9-5-3-6-10-24)31(25-11-7-4-8-12-25)26-16-13-23(14-17-26)15-22-30(34)33-37(35,36)28-20-18-27(32)19-21-28/h2-22,31H,32H2,1H3,(H,33,34). The summed E-state index contributed by atoms with van der Waals surface area (Å²) in [6.45, 7) is 2.05. The van der Waals surface area contributed by atoms with Crippen LogP contribution in [0.5, 0.6) is 0 Å². The van der Waals surface area contributed by atoms with Gasteiger partial charge in [-0.15, -0.1) is 0 Å². The minimum atomic E-state index is -3.98. The first-order valence-corrected chi connectivity index (χ1v) is 13.3. The predicted molar refractivity (Wildman–Crippen MR) is 150 cm³/mol. The van der Waals surface area contributed by atoms with Gasteiger partial charge < -0.3 is 5.73 Å². The second-order valence-electron chi connectivity index (χ2n) is 8.49. The molecule has 0 saturated heterocycles. The Balaban J connectivity index is 1.55. The Bertz CT molecular complexity index is 1510. The molecule has 0 saturated carbocycles. The Hall–Kier alpha value is -4.42. The van der Waals surface area contributed by atoms with Crippen LogP contribution in [-0.2, 0) is 14.8 Å². The molecule has 5 nitrogen and oxygen atoms in total. The molecule has 0 radical (unpaired) electrons. The molecule has 0 aliphatic rings. The van der Waals surface area contributed by atoms with Crippen LogP contribution >= 0.6 is 0 Å². The first-order chi connectivity index (χ1) is 17.9. The number of benzene rings is 4. The van der Waals surface area contributed by atoms with Crippen LogP contribution in [0.4, 0.5) is 5.69 Å². The van der Waals surface area contributed by atoms with Crippen LogP contribution in [0, 0.1) is 0 Å². The van der Waals surface area contributed by atoms with E-state index >= 15 is 0 Å². The van der Waals surface area contributed by atoms with Crippen LogP contribution in [0.3, 0.4) is 0 Å². The smallest absolute Gasteiger partial charge is 0.264 e. The fourth-order valence-corrected chi connectivity index (χ4v) is 5.12. The summed E-state index contributed by atoms with van der Waals surface area (Å²) >= 11 is 0. The van der Waals surface area contributed by atoms with E-state index in [-0.39, 0.29) is 10.8 Å². The molecule has 0 heterocycles. The van der Waals surface area contributed by atoms with Gasteiger partial charge in [0.25, 0.3) is 15.9 Å². The molecule has 0 aliphatic carbocycles. The number of hydrogen-bond acceptors (Lipinski definition) is 4. The maximum Gasteiger partial charge on any atom is 0.264 e. The first kappa shape index (κ1) is 25.7. The van der Waals surface area contributed by atoms with E-state index in [1.54, 1.807) is 6.08 Å². The third kappa shape index (κ3) is 6.42. The lowest BCUT2D eigenvalue weighted by Crippen LogP contribution is -2.28. The fourth-order valence-electron chi connectivity index (χ4n) is 4.17. The number of allylic oxidation sites excluding steroid dienone is 2. The van der Waals surface area contributed by atoms with Gasteiger partial charge in [-0.25, -0.2) is 13.1 Å². The monoisotopic (exact) mass is 508 g/mol. The van der Waals surface area contributed by atoms with Crippen molar-refractivity contribution in [3.63, 3.8) is 0 Å². The van der Waals surface area contributed by atoms with Crippen molar-refractivity contribution in [2.45, 2.75) is 17.7 Å². The summed E-state index contributed by atoms with van der Waals surface area (Å²) in [4.78, 5) is 12.3. The molecule has 4 aromatic rings. The molecule has 4 rings (SSSR count). The van der Waals surface area contributed by atoms with Gasteiger partial charge in [-0.2, -0.15) is 0 Å². The lowest BCUT2D eigenvalue weighted by Gasteiger charge is -2.22. The molecule has 1 amide bonds. The molecule has 0 bridgehead atoms. The van der Waals surface area contributed by atoms with Crippen LogP contribution in [-0.4, -0.2) is 14.3 Å². The molecule has 1 atom stereocenters. The first-order valence-electron chi connectivity index (χ1n) is 11.8. The molecule has 0 aliphatic heterocycles. The second-order valence-corrected chi connectivity index (χ2v) is 10.2. The SMILES string of the molecule is CC=C(c1ccccc1)C(c1ccccc1)c1ccc(C=CC(=O)NS(=O)(=O)c2ccc(N)cc2)cc1. The summed E-state index contributed by atoms with van der Waals surface area (Å²) < 4.78 is 26.9. The molecule has 1 unspecified atom stereocenters. The van der Waals surface area contributed by atoms with Crippen LogP contribution in [0.1, 0.15) is 35.1 Å². The molecular formula is C31H28N2O3S. The van der Waals surface area contributed by atoms with E-state index < -0.39 is 15.9 Å². The van der Waals surface area contributed by atoms with E-state index in [0.717, 1.165) is 16.7 Å². The third-order valence-electron chi connectivity index (χ3n) is 5.98. The molecular weight excluding hydrogens is 480 g/mol. The van der Waals surface area contributed by atoms with Gasteiger partial charge in [0.1, 0.15) is 0 Å². The summed E-state index contributed by atoms with van der Waals surface area (Å²) in [6.07, 6.45) is 4.94. The van der Waals surface area contributed by atoms with Gasteiger partial charge in [-0.1, -0.05) is 91.0 Å². The van der Waals surface area contributed by atoms with Gasteiger partial charge in [-0.05, 0) is 65.1 Å². The number of nitrogens with two attached hydrogens (primary N) is 1. The van der Waals surface area contributed by atoms with Gasteiger partial charge in [0, 0.05) is 17.7 Å². The summed E-state index contributed by atoms with van der Waals surface area (Å²) in [7, 11) is -3.98. The quantitative estimate of drug-likeness (QED) is 0.225. The lowest BCUT2D eigenvalue weighted by molar-refractivity contribution is -0.114. The second kappa shape index (κ2) is 11.5. The Labute approximate surface area is 218 Å². The molecule has 0 aromatic heterocycles. The average Bonchev–Trinajstić information content (AvgIpc) is 2.92. The molecule has 6 heteroatoms. The van der Waals surface area contributed by atoms with E-state index in [1.807, 2.05) is 67.6 Å². The van der Waals surface area contributed by atoms with Crippen molar-refractivity contribution in [2.75, 3.05) is 5.73 Å². The highest BCUT2D eigenvalue weighted by molar-refractivity contribution is 7.90. The van der Waals surface area contributed by atoms with E-state index in [4.69, 9.17) is 5.73 Å². The number of carbonyl (C=O) groups excluding carboxylic acids is 1. The number of nitrogens with one attached hydrogen (secondary N) is 1. The van der Waals surface area contributed by atoms with Crippen LogP contribution < -0.4 is 10.5 Å². The molecule has 0 fully saturated rings. The summed E-state index contributed by atoms with van der Waals surface area (Å²) in [5.41, 5.74) is 11.5. The topological polar surface area (TPSA) is 89.3 Å². The van der Waals surface area contributed by atoms with Crippen molar-refractivity contribution in [3.8, 4) is 0 Å². The van der Waals surface area contributed by atoms with Crippen LogP contribution in [0.2, 0.25) is 0 Å². The normalized spacial score (nSPS) is 12.8. The van der Waals surface area contributed by atoms with E-state index in [9.17, 15) is 13.2 Å². The maximum atomic E-state index is 12.4. The summed E-state index contributed by atoms with van der Waals surface area (Å²) in [5.74, 6) is -0.705. The number of carbonyl (C=O) groups is 1. The minimum Gasteiger partial charge on any atom is -0.399 e.